The van der Waals surface area contributed by atoms with Gasteiger partial charge in [-0.1, -0.05) is 0 Å². The highest BCUT2D eigenvalue weighted by atomic mass is 16.7. The van der Waals surface area contributed by atoms with Gasteiger partial charge in [-0.05, 0) is 6.42 Å². The Hall–Kier alpha value is -1.47. The van der Waals surface area contributed by atoms with Gasteiger partial charge in [0.25, 0.3) is 11.8 Å². The van der Waals surface area contributed by atoms with Gasteiger partial charge in [-0.3, -0.25) is 9.59 Å². The van der Waals surface area contributed by atoms with Crippen molar-refractivity contribution in [3.05, 3.63) is 0 Å². The van der Waals surface area contributed by atoms with Gasteiger partial charge in [0.15, 0.2) is 0 Å². The van der Waals surface area contributed by atoms with E-state index in [0.29, 0.717) is 31.3 Å². The normalized spacial score (nSPS) is 15.3. The molecular formula is C11H17NO6. The lowest BCUT2D eigenvalue weighted by molar-refractivity contribution is -0.197. The van der Waals surface area contributed by atoms with Crippen molar-refractivity contribution in [1.29, 1.82) is 0 Å². The van der Waals surface area contributed by atoms with Crippen molar-refractivity contribution in [3.8, 4) is 0 Å². The Morgan fingerprint density at radius 1 is 1.17 bits per heavy atom. The van der Waals surface area contributed by atoms with Gasteiger partial charge in [0, 0.05) is 26.6 Å². The highest BCUT2D eigenvalue weighted by molar-refractivity contribution is 6.01. The maximum absolute atomic E-state index is 11.3. The van der Waals surface area contributed by atoms with E-state index in [1.807, 2.05) is 0 Å². The maximum Gasteiger partial charge on any atom is 0.333 e. The quantitative estimate of drug-likeness (QED) is 0.452. The summed E-state index contributed by atoms with van der Waals surface area (Å²) in [5.41, 5.74) is 0. The number of nitrogens with zero attached hydrogens (tertiary/aromatic N) is 1. The van der Waals surface area contributed by atoms with Crippen molar-refractivity contribution >= 4 is 17.8 Å². The number of rotatable bonds is 8. The van der Waals surface area contributed by atoms with Crippen LogP contribution in [0.2, 0.25) is 0 Å². The van der Waals surface area contributed by atoms with Gasteiger partial charge in [0.1, 0.15) is 0 Å². The molecule has 7 nitrogen and oxygen atoms in total. The van der Waals surface area contributed by atoms with Crippen LogP contribution in [0, 0.1) is 0 Å². The maximum atomic E-state index is 11.3. The van der Waals surface area contributed by atoms with Crippen molar-refractivity contribution in [3.63, 3.8) is 0 Å². The van der Waals surface area contributed by atoms with Crippen LogP contribution in [0.15, 0.2) is 0 Å². The fourth-order valence-electron chi connectivity index (χ4n) is 1.37. The van der Waals surface area contributed by atoms with Crippen LogP contribution in [0.5, 0.6) is 0 Å². The summed E-state index contributed by atoms with van der Waals surface area (Å²) >= 11 is 0. The van der Waals surface area contributed by atoms with E-state index in [1.54, 1.807) is 7.11 Å². The van der Waals surface area contributed by atoms with Gasteiger partial charge in [0.05, 0.1) is 19.6 Å². The molecule has 0 aliphatic carbocycles. The molecule has 1 aliphatic heterocycles. The van der Waals surface area contributed by atoms with Crippen molar-refractivity contribution < 1.29 is 28.7 Å². The molecule has 0 N–H and O–H groups in total. The van der Waals surface area contributed by atoms with Crippen LogP contribution in [0.4, 0.5) is 0 Å². The molecule has 7 heteroatoms. The summed E-state index contributed by atoms with van der Waals surface area (Å²) in [6.07, 6.45) is 0.779. The van der Waals surface area contributed by atoms with E-state index < -0.39 is 17.8 Å². The van der Waals surface area contributed by atoms with Gasteiger partial charge in [-0.2, -0.15) is 0 Å². The standard InChI is InChI=1S/C11H17NO6/c1-16-7-8-17-6-2-3-11(15)18-12-9(13)4-5-10(12)14/h2-8H2,1H3. The molecule has 1 heterocycles. The predicted molar refractivity (Wildman–Crippen MR) is 59.1 cm³/mol. The SMILES string of the molecule is COCCOCCCC(=O)ON1C(=O)CCC1=O. The Balaban J connectivity index is 2.10. The molecule has 18 heavy (non-hydrogen) atoms. The highest BCUT2D eigenvalue weighted by Crippen LogP contribution is 2.12. The fourth-order valence-corrected chi connectivity index (χ4v) is 1.37. The van der Waals surface area contributed by atoms with E-state index >= 15 is 0 Å². The number of methoxy groups -OCH3 is 1. The van der Waals surface area contributed by atoms with Crippen LogP contribution >= 0.6 is 0 Å². The summed E-state index contributed by atoms with van der Waals surface area (Å²) in [5, 5.41) is 0.550. The smallest absolute Gasteiger partial charge is 0.333 e. The zero-order valence-corrected chi connectivity index (χ0v) is 10.3. The minimum absolute atomic E-state index is 0.101. The van der Waals surface area contributed by atoms with E-state index in [9.17, 15) is 14.4 Å². The molecule has 0 aromatic rings. The van der Waals surface area contributed by atoms with E-state index in [2.05, 4.69) is 4.84 Å². The number of ether oxygens (including phenoxy) is 2. The van der Waals surface area contributed by atoms with Gasteiger partial charge in [-0.15, -0.1) is 5.06 Å². The number of hydrogen-bond acceptors (Lipinski definition) is 6. The average Bonchev–Trinajstić information content (AvgIpc) is 2.65. The Morgan fingerprint density at radius 2 is 1.83 bits per heavy atom. The van der Waals surface area contributed by atoms with E-state index in [-0.39, 0.29) is 19.3 Å². The van der Waals surface area contributed by atoms with Gasteiger partial charge >= 0.3 is 5.97 Å². The summed E-state index contributed by atoms with van der Waals surface area (Å²) in [5.74, 6) is -1.54. The molecule has 0 unspecified atom stereocenters. The fraction of sp³-hybridized carbons (Fsp3) is 0.727. The predicted octanol–water partition coefficient (Wildman–Crippen LogP) is 0.0368. The van der Waals surface area contributed by atoms with Crippen LogP contribution in [0.3, 0.4) is 0 Å². The third-order valence-electron chi connectivity index (χ3n) is 2.30. The molecule has 1 fully saturated rings. The first-order chi connectivity index (χ1) is 8.65. The average molecular weight is 259 g/mol. The van der Waals surface area contributed by atoms with Crippen molar-refractivity contribution in [2.75, 3.05) is 26.9 Å². The monoisotopic (exact) mass is 259 g/mol. The third kappa shape index (κ3) is 4.80. The number of hydroxylamine groups is 2. The summed E-state index contributed by atoms with van der Waals surface area (Å²) in [6, 6.07) is 0. The Labute approximate surface area is 105 Å². The minimum Gasteiger partial charge on any atom is -0.382 e. The largest absolute Gasteiger partial charge is 0.382 e. The molecule has 2 amide bonds. The molecule has 102 valence electrons. The van der Waals surface area contributed by atoms with Crippen LogP contribution in [0.25, 0.3) is 0 Å². The first-order valence-electron chi connectivity index (χ1n) is 5.78. The third-order valence-corrected chi connectivity index (χ3v) is 2.30. The minimum atomic E-state index is -0.603. The van der Waals surface area contributed by atoms with Gasteiger partial charge in [-0.25, -0.2) is 4.79 Å². The number of amides is 2. The van der Waals surface area contributed by atoms with Crippen molar-refractivity contribution in [1.82, 2.24) is 5.06 Å². The number of carbonyl (C=O) groups is 3. The number of imide groups is 1. The van der Waals surface area contributed by atoms with E-state index in [4.69, 9.17) is 9.47 Å². The van der Waals surface area contributed by atoms with Crippen molar-refractivity contribution in [2.45, 2.75) is 25.7 Å². The van der Waals surface area contributed by atoms with Crippen LogP contribution < -0.4 is 0 Å². The zero-order chi connectivity index (χ0) is 13.4. The van der Waals surface area contributed by atoms with E-state index in [1.165, 1.54) is 0 Å². The molecule has 0 atom stereocenters. The Bertz CT molecular complexity index is 301. The Kier molecular flexibility index (Phi) is 6.31. The molecule has 1 aliphatic rings. The van der Waals surface area contributed by atoms with Crippen molar-refractivity contribution in [2.24, 2.45) is 0 Å². The lowest BCUT2D eigenvalue weighted by Gasteiger charge is -2.12. The Morgan fingerprint density at radius 3 is 2.44 bits per heavy atom. The van der Waals surface area contributed by atoms with Crippen LogP contribution in [-0.2, 0) is 28.7 Å². The second-order valence-electron chi connectivity index (χ2n) is 3.75. The molecule has 1 saturated heterocycles. The van der Waals surface area contributed by atoms with Crippen LogP contribution in [0.1, 0.15) is 25.7 Å². The topological polar surface area (TPSA) is 82.1 Å². The summed E-state index contributed by atoms with van der Waals surface area (Å²) in [6.45, 7) is 1.37. The lowest BCUT2D eigenvalue weighted by Crippen LogP contribution is -2.32. The highest BCUT2D eigenvalue weighted by Gasteiger charge is 2.32. The molecule has 0 bridgehead atoms. The molecule has 0 spiro atoms. The first-order valence-corrected chi connectivity index (χ1v) is 5.78. The molecule has 0 radical (unpaired) electrons. The second-order valence-corrected chi connectivity index (χ2v) is 3.75. The van der Waals surface area contributed by atoms with Gasteiger partial charge < -0.3 is 14.3 Å². The lowest BCUT2D eigenvalue weighted by atomic mass is 10.3. The van der Waals surface area contributed by atoms with E-state index in [0.717, 1.165) is 0 Å². The first kappa shape index (κ1) is 14.6. The molecule has 1 rings (SSSR count). The van der Waals surface area contributed by atoms with Crippen LogP contribution in [-0.4, -0.2) is 49.8 Å². The summed E-state index contributed by atoms with van der Waals surface area (Å²) in [4.78, 5) is 38.3. The number of hydrogen-bond donors (Lipinski definition) is 0. The summed E-state index contributed by atoms with van der Waals surface area (Å²) in [7, 11) is 1.57. The second kappa shape index (κ2) is 7.78. The molecule has 0 saturated carbocycles. The van der Waals surface area contributed by atoms with Gasteiger partial charge in [0.2, 0.25) is 0 Å². The number of carbonyl (C=O) groups excluding carboxylic acids is 3. The summed E-state index contributed by atoms with van der Waals surface area (Å²) < 4.78 is 9.94. The molecular weight excluding hydrogens is 242 g/mol. The molecule has 0 aromatic carbocycles. The zero-order valence-electron chi connectivity index (χ0n) is 10.3. The molecule has 0 aromatic heterocycles.